The van der Waals surface area contributed by atoms with Crippen molar-refractivity contribution < 1.29 is 55.9 Å². The molecule has 12 N–H and O–H groups in total. The highest BCUT2D eigenvalue weighted by Gasteiger charge is 2.40. The second-order valence-electron chi connectivity index (χ2n) is 32.5. The van der Waals surface area contributed by atoms with Gasteiger partial charge in [-0.25, -0.2) is 9.59 Å². The number of nitrogens with two attached hydrogens (primary N) is 2. The Labute approximate surface area is 739 Å². The van der Waals surface area contributed by atoms with Gasteiger partial charge >= 0.3 is 12.2 Å². The molecule has 38 heteroatoms. The highest BCUT2D eigenvalue weighted by Crippen LogP contribution is 2.37. The van der Waals surface area contributed by atoms with Crippen LogP contribution in [0.3, 0.4) is 0 Å². The maximum absolute atomic E-state index is 11.9. The third-order valence-electron chi connectivity index (χ3n) is 21.5. The molecule has 0 saturated heterocycles. The highest BCUT2D eigenvalue weighted by molar-refractivity contribution is 9.10. The Morgan fingerprint density at radius 1 is 0.444 bits per heavy atom. The molecule has 9 aromatic rings. The molecule has 9 aliphatic rings. The molecule has 0 aromatic carbocycles. The molecule has 9 aromatic heterocycles. The number of amides is 2. The predicted octanol–water partition coefficient (Wildman–Crippen LogP) is 9.04. The van der Waals surface area contributed by atoms with Gasteiger partial charge in [-0.3, -0.25) is 68.2 Å². The van der Waals surface area contributed by atoms with Gasteiger partial charge in [-0.15, -0.1) is 0 Å². The quantitative estimate of drug-likeness (QED) is 0.0190. The van der Waals surface area contributed by atoms with Gasteiger partial charge in [-0.05, 0) is 250 Å². The fourth-order valence-electron chi connectivity index (χ4n) is 15.5. The monoisotopic (exact) mass is 1800 g/mol. The Kier molecular flexibility index (Phi) is 34.0. The van der Waals surface area contributed by atoms with Crippen LogP contribution in [0.25, 0.3) is 20.9 Å². The first-order chi connectivity index (χ1) is 60.2. The first-order valence-corrected chi connectivity index (χ1v) is 43.7. The summed E-state index contributed by atoms with van der Waals surface area (Å²) in [4.78, 5) is 112. The summed E-state index contributed by atoms with van der Waals surface area (Å²) in [6, 6.07) is 33.1. The van der Waals surface area contributed by atoms with Crippen LogP contribution in [0.2, 0.25) is 0 Å². The van der Waals surface area contributed by atoms with E-state index in [0.717, 1.165) is 113 Å². The van der Waals surface area contributed by atoms with E-state index in [-0.39, 0.29) is 88.4 Å². The Balaban J connectivity index is 0.000000149. The molecule has 0 fully saturated rings. The van der Waals surface area contributed by atoms with Gasteiger partial charge in [0.25, 0.3) is 10.1 Å². The number of halogens is 1. The van der Waals surface area contributed by atoms with Crippen molar-refractivity contribution in [2.75, 3.05) is 41.5 Å². The Morgan fingerprint density at radius 2 is 0.817 bits per heavy atom. The van der Waals surface area contributed by atoms with E-state index in [1.807, 2.05) is 166 Å². The van der Waals surface area contributed by atoms with Crippen LogP contribution in [-0.4, -0.2) is 200 Å². The number of aliphatic hydroxyl groups is 1. The van der Waals surface area contributed by atoms with Gasteiger partial charge in [-0.2, -0.15) is 8.42 Å². The molecular weight excluding hydrogens is 1700 g/mol. The molecule has 664 valence electrons. The number of hydrogen-bond acceptors (Lipinski definition) is 30. The van der Waals surface area contributed by atoms with Gasteiger partial charge in [0.2, 0.25) is 0 Å². The van der Waals surface area contributed by atoms with Gasteiger partial charge in [0.05, 0.1) is 69.8 Å². The lowest BCUT2D eigenvalue weighted by atomic mass is 10.1. The first kappa shape index (κ1) is 96.5. The van der Waals surface area contributed by atoms with E-state index in [1.54, 1.807) is 75.9 Å². The molecule has 9 aliphatic carbocycles. The van der Waals surface area contributed by atoms with Crippen LogP contribution in [0.1, 0.15) is 192 Å². The number of nitrogens with zero attached hydrogens (tertiary/aromatic N) is 15. The highest BCUT2D eigenvalue weighted by atomic mass is 79.9. The molecule has 0 aliphatic heterocycles. The summed E-state index contributed by atoms with van der Waals surface area (Å²) in [6.07, 6.45) is 21.1. The number of hydrogen-bond donors (Lipinski definition) is 10. The van der Waals surface area contributed by atoms with Crippen molar-refractivity contribution in [3.63, 3.8) is 0 Å². The molecule has 36 nitrogen and oxygen atoms in total. The molecule has 2 amide bonds. The summed E-state index contributed by atoms with van der Waals surface area (Å²) in [7, 11) is 5.74. The maximum atomic E-state index is 11.9. The lowest BCUT2D eigenvalue weighted by Crippen LogP contribution is -2.42. The fourth-order valence-corrected chi connectivity index (χ4v) is 16.7. The number of ether oxygens (including phenoxy) is 2. The summed E-state index contributed by atoms with van der Waals surface area (Å²) in [5.74, 6) is 0.0303. The third-order valence-corrected chi connectivity index (χ3v) is 22.8. The standard InChI is InChI=1S/C14H21N3O2.C13H19N3O2.C10H14N2O3S.C9H11N5.C9H12N2O.C9H10N2O.C8H6BrNO.C8H6N4O.C8H8N2O/c1-14(2,3)19-13(18)17-12-10(15-4)8-9-6-5-7-16-11(9)12;1-13(2,3)18-12(17)16-11-9(14)7-8-5-4-6-15-10(8)11;1-11-8-6-7-4-3-5-12-9(7)10(8)15-16(2,13)14;1-11-7-5-6-3-2-4-12-8(6)9(7)13-14-10;2*1-10-7-5-6-3-2-4-11-8(6)9(7)12;9-6-4-5-2-1-3-10-7(5)8(6)11;9-12-11-6-4-5-2-1-3-10-7(5)8(6)13;9-6-4-5-2-1-3-10-7(5)8(6)11/h5-7,10,12,15H,8H2,1-4H3,(H,17,18);4-6,9,11H,7,14H2,1-3H3,(H,16,17);3-5,8,10-11H,6H2,1-2H3;2-4,7,9,11H,5H2,1H3;2-4,7,9-10,12H,5H2,1H3;2-4,7,10H,5H2,1H3;1-3,6H,4H2;1-3,6H,4H2;1-3,6H,4,9H2/t10-,12+;9-,11+;8-,10-;7-,9+;7-,9-;;;;/m11111..../s1. The largest absolute Gasteiger partial charge is 0.444 e. The summed E-state index contributed by atoms with van der Waals surface area (Å²) in [6.45, 7) is 11.0. The van der Waals surface area contributed by atoms with Crippen molar-refractivity contribution in [1.29, 1.82) is 0 Å². The minimum atomic E-state index is -3.47. The number of carbonyl (C=O) groups excluding carboxylic acids is 6. The van der Waals surface area contributed by atoms with Crippen LogP contribution in [0.5, 0.6) is 0 Å². The van der Waals surface area contributed by atoms with E-state index in [0.29, 0.717) is 41.3 Å². The average molecular weight is 1800 g/mol. The van der Waals surface area contributed by atoms with Gasteiger partial charge in [-0.1, -0.05) is 80.8 Å². The number of likely N-dealkylation sites (N-methyl/N-ethyl adjacent to an activating group) is 5. The van der Waals surface area contributed by atoms with E-state index < -0.39 is 51.8 Å². The second kappa shape index (κ2) is 44.4. The smallest absolute Gasteiger partial charge is 0.408 e. The first-order valence-electron chi connectivity index (χ1n) is 41.0. The fraction of sp³-hybridized carbons (Fsp3) is 0.420. The van der Waals surface area contributed by atoms with Crippen LogP contribution < -0.4 is 48.7 Å². The topological polar surface area (TPSA) is 534 Å². The van der Waals surface area contributed by atoms with Crippen LogP contribution in [-0.2, 0) is 81.6 Å². The maximum Gasteiger partial charge on any atom is 0.408 e. The van der Waals surface area contributed by atoms with Crippen molar-refractivity contribution >= 4 is 61.4 Å². The third kappa shape index (κ3) is 25.3. The van der Waals surface area contributed by atoms with Crippen LogP contribution in [0.15, 0.2) is 175 Å². The van der Waals surface area contributed by atoms with Crippen molar-refractivity contribution in [1.82, 2.24) is 82.1 Å². The van der Waals surface area contributed by atoms with E-state index in [4.69, 9.17) is 36.2 Å². The normalized spacial score (nSPS) is 22.7. The zero-order valence-corrected chi connectivity index (χ0v) is 74.5. The number of fused-ring (bicyclic) bond motifs is 9. The lowest BCUT2D eigenvalue weighted by molar-refractivity contribution is 0.0485. The number of rotatable bonds is 11. The number of nitrogens with one attached hydrogen (secondary N) is 7. The molecule has 0 bridgehead atoms. The minimum Gasteiger partial charge on any atom is -0.444 e. The van der Waals surface area contributed by atoms with Crippen LogP contribution in [0, 0.1) is 0 Å². The summed E-state index contributed by atoms with van der Waals surface area (Å²) in [5.41, 5.74) is 43.3. The summed E-state index contributed by atoms with van der Waals surface area (Å²) in [5, 5.41) is 38.1. The Bertz CT molecular complexity index is 5490. The van der Waals surface area contributed by atoms with Crippen molar-refractivity contribution in [2.45, 2.75) is 194 Å². The molecule has 14 atom stereocenters. The Hall–Kier alpha value is -11.7. The zero-order chi connectivity index (χ0) is 91.2. The van der Waals surface area contributed by atoms with Crippen molar-refractivity contribution in [2.24, 2.45) is 21.7 Å². The van der Waals surface area contributed by atoms with Gasteiger partial charge in [0.15, 0.2) is 23.1 Å². The summed E-state index contributed by atoms with van der Waals surface area (Å²) >= 11 is 3.29. The molecule has 0 saturated carbocycles. The molecule has 0 radical (unpaired) electrons. The number of aromatic nitrogens is 9. The number of carbonyl (C=O) groups is 6. The molecule has 18 rings (SSSR count). The number of Topliss-reactive ketones (excluding diaryl/α,β-unsaturated/α-hetero) is 4. The van der Waals surface area contributed by atoms with E-state index in [2.05, 4.69) is 118 Å². The molecule has 126 heavy (non-hydrogen) atoms. The van der Waals surface area contributed by atoms with Crippen molar-refractivity contribution in [3.05, 3.63) is 287 Å². The molecule has 9 heterocycles. The van der Waals surface area contributed by atoms with Crippen molar-refractivity contribution in [3.8, 4) is 0 Å². The number of pyridine rings is 9. The lowest BCUT2D eigenvalue weighted by Gasteiger charge is -2.24. The van der Waals surface area contributed by atoms with E-state index >= 15 is 0 Å². The number of alkyl halides is 1. The molecule has 4 unspecified atom stereocenters. The average Bonchev–Trinajstić information content (AvgIpc) is 1.65. The minimum absolute atomic E-state index is 0.0272. The van der Waals surface area contributed by atoms with Gasteiger partial charge in [0, 0.05) is 95.8 Å². The predicted molar refractivity (Wildman–Crippen MR) is 474 cm³/mol. The Morgan fingerprint density at radius 3 is 1.27 bits per heavy atom. The SMILES string of the molecule is CC(C)(C)OC(=O)N[C@@H]1c2ncccc2C[C@H]1N.CNC1Cc2cccnc2C1=O.CN[C@@H]1Cc2cccnc2[C@@H]1O.CN[C@@H]1Cc2cccnc2[C@@H]1OS(C)(=O)=O.CN[C@@H]1Cc2cccnc2[C@H]1N=[N+]=[N-].CN[C@@H]1Cc2cccnc2[C@H]1NC(=O)OC(C)(C)C.NC1Cc2cccnc2C1=O.O=C1c2ncccc2CC1Br.[N-]=[N+]=NC1Cc2cccnc2C1=O. The molecular formula is C88H107BrN24O12S. The number of azide groups is 2. The van der Waals surface area contributed by atoms with Gasteiger partial charge < -0.3 is 63.3 Å². The number of aliphatic hydroxyl groups excluding tert-OH is 1. The number of alkyl carbamates (subject to hydrolysis) is 2. The van der Waals surface area contributed by atoms with Gasteiger partial charge in [0.1, 0.15) is 52.2 Å². The summed E-state index contributed by atoms with van der Waals surface area (Å²) < 4.78 is 38.0. The molecule has 0 spiro atoms. The second-order valence-corrected chi connectivity index (χ2v) is 35.2. The zero-order valence-electron chi connectivity index (χ0n) is 72.1. The van der Waals surface area contributed by atoms with E-state index in [9.17, 15) is 42.3 Å². The van der Waals surface area contributed by atoms with Crippen LogP contribution >= 0.6 is 15.9 Å². The van der Waals surface area contributed by atoms with Crippen LogP contribution in [0.4, 0.5) is 9.59 Å². The number of ketones is 4. The van der Waals surface area contributed by atoms with E-state index in [1.165, 1.54) is 11.1 Å².